The van der Waals surface area contributed by atoms with E-state index in [1.807, 2.05) is 0 Å². The first-order chi connectivity index (χ1) is 11.8. The van der Waals surface area contributed by atoms with E-state index >= 15 is 0 Å². The topological polar surface area (TPSA) is 0 Å². The van der Waals surface area contributed by atoms with Gasteiger partial charge in [0, 0.05) is 0 Å². The van der Waals surface area contributed by atoms with Gasteiger partial charge < -0.3 is 0 Å². The van der Waals surface area contributed by atoms with Gasteiger partial charge in [-0.2, -0.15) is 13.2 Å². The molecule has 0 aliphatic heterocycles. The molecule has 1 aromatic rings. The molecule has 1 aromatic carbocycles. The van der Waals surface area contributed by atoms with Crippen LogP contribution in [0, 0.1) is 17.6 Å². The normalized spacial score (nSPS) is 21.8. The second-order valence-electron chi connectivity index (χ2n) is 6.89. The molecule has 0 spiro atoms. The van der Waals surface area contributed by atoms with Crippen molar-refractivity contribution >= 4 is 0 Å². The van der Waals surface area contributed by atoms with E-state index in [0.717, 1.165) is 63.5 Å². The number of benzene rings is 1. The first kappa shape index (κ1) is 19.9. The average Bonchev–Trinajstić information content (AvgIpc) is 2.53. The van der Waals surface area contributed by atoms with Gasteiger partial charge in [-0.25, -0.2) is 8.78 Å². The van der Waals surface area contributed by atoms with Crippen molar-refractivity contribution in [3.63, 3.8) is 0 Å². The Morgan fingerprint density at radius 3 is 2.12 bits per heavy atom. The molecule has 0 N–H and O–H groups in total. The highest BCUT2D eigenvalue weighted by molar-refractivity contribution is 5.30. The minimum absolute atomic E-state index is 0.0532. The third-order valence-electron chi connectivity index (χ3n) is 5.05. The van der Waals surface area contributed by atoms with Crippen molar-refractivity contribution in [2.75, 3.05) is 0 Å². The van der Waals surface area contributed by atoms with Gasteiger partial charge in [0.05, 0.1) is 0 Å². The van der Waals surface area contributed by atoms with Gasteiger partial charge in [-0.15, -0.1) is 0 Å². The summed E-state index contributed by atoms with van der Waals surface area (Å²) < 4.78 is 65.4. The molecule has 0 aromatic heterocycles. The molecule has 1 aliphatic carbocycles. The van der Waals surface area contributed by atoms with Crippen molar-refractivity contribution < 1.29 is 22.0 Å². The standard InChI is InChI=1S/C20H25F5/c1-2-3-4-5-6-7-14-8-10-15(11-9-14)16-12-17(21)19(18(22)13-16)20(23,24)25/h3-4,12-15H,2,5-11H2,1H3/b4-3+. The highest BCUT2D eigenvalue weighted by Crippen LogP contribution is 2.40. The maximum Gasteiger partial charge on any atom is 0.422 e. The molecule has 5 heteroatoms. The Bertz CT molecular complexity index is 557. The lowest BCUT2D eigenvalue weighted by atomic mass is 9.77. The summed E-state index contributed by atoms with van der Waals surface area (Å²) in [5.74, 6) is -2.46. The lowest BCUT2D eigenvalue weighted by Crippen LogP contribution is -2.16. The summed E-state index contributed by atoms with van der Waals surface area (Å²) in [6.07, 6.45) is 7.22. The van der Waals surface area contributed by atoms with Crippen LogP contribution in [0.25, 0.3) is 0 Å². The van der Waals surface area contributed by atoms with E-state index in [9.17, 15) is 22.0 Å². The summed E-state index contributed by atoms with van der Waals surface area (Å²) in [5, 5.41) is 0. The number of unbranched alkanes of at least 4 members (excludes halogenated alkanes) is 1. The van der Waals surface area contributed by atoms with E-state index in [0.29, 0.717) is 11.5 Å². The summed E-state index contributed by atoms with van der Waals surface area (Å²) in [6, 6.07) is 1.73. The van der Waals surface area contributed by atoms with E-state index < -0.39 is 23.4 Å². The van der Waals surface area contributed by atoms with Crippen molar-refractivity contribution in [3.05, 3.63) is 47.0 Å². The maximum absolute atomic E-state index is 13.7. The van der Waals surface area contributed by atoms with Gasteiger partial charge in [-0.1, -0.05) is 25.5 Å². The minimum atomic E-state index is -5.00. The maximum atomic E-state index is 13.7. The Kier molecular flexibility index (Phi) is 7.03. The molecule has 140 valence electrons. The number of allylic oxidation sites excluding steroid dienone is 2. The Morgan fingerprint density at radius 2 is 1.60 bits per heavy atom. The molecule has 1 saturated carbocycles. The highest BCUT2D eigenvalue weighted by Gasteiger charge is 2.38. The van der Waals surface area contributed by atoms with Crippen LogP contribution < -0.4 is 0 Å². The lowest BCUT2D eigenvalue weighted by molar-refractivity contribution is -0.142. The molecule has 0 bridgehead atoms. The Balaban J connectivity index is 1.92. The van der Waals surface area contributed by atoms with Crippen molar-refractivity contribution in [1.82, 2.24) is 0 Å². The first-order valence-corrected chi connectivity index (χ1v) is 9.04. The molecule has 1 aliphatic rings. The number of hydrogen-bond donors (Lipinski definition) is 0. The van der Waals surface area contributed by atoms with Crippen LogP contribution in [-0.4, -0.2) is 0 Å². The third kappa shape index (κ3) is 5.55. The van der Waals surface area contributed by atoms with Crippen molar-refractivity contribution in [2.45, 2.75) is 70.4 Å². The molecular formula is C20H25F5. The van der Waals surface area contributed by atoms with Gasteiger partial charge in [0.15, 0.2) is 0 Å². The molecule has 0 atom stereocenters. The van der Waals surface area contributed by atoms with Gasteiger partial charge in [-0.3, -0.25) is 0 Å². The predicted octanol–water partition coefficient (Wildman–Crippen LogP) is 7.39. The van der Waals surface area contributed by atoms with E-state index in [1.165, 1.54) is 0 Å². The zero-order valence-electron chi connectivity index (χ0n) is 14.5. The molecule has 0 radical (unpaired) electrons. The zero-order valence-corrected chi connectivity index (χ0v) is 14.5. The SMILES string of the molecule is CC/C=C/CCCC1CCC(c2cc(F)c(C(F)(F)F)c(F)c2)CC1. The highest BCUT2D eigenvalue weighted by atomic mass is 19.4. The molecular weight excluding hydrogens is 335 g/mol. The second-order valence-corrected chi connectivity index (χ2v) is 6.89. The molecule has 2 rings (SSSR count). The number of hydrogen-bond acceptors (Lipinski definition) is 0. The lowest BCUT2D eigenvalue weighted by Gasteiger charge is -2.29. The number of rotatable bonds is 6. The van der Waals surface area contributed by atoms with E-state index in [1.54, 1.807) is 0 Å². The minimum Gasteiger partial charge on any atom is -0.206 e. The fourth-order valence-corrected chi connectivity index (χ4v) is 3.69. The van der Waals surface area contributed by atoms with Gasteiger partial charge in [0.25, 0.3) is 0 Å². The van der Waals surface area contributed by atoms with Gasteiger partial charge in [0.1, 0.15) is 17.2 Å². The van der Waals surface area contributed by atoms with Crippen LogP contribution in [0.1, 0.15) is 75.3 Å². The van der Waals surface area contributed by atoms with Crippen LogP contribution in [0.4, 0.5) is 22.0 Å². The summed E-state index contributed by atoms with van der Waals surface area (Å²) in [6.45, 7) is 2.10. The van der Waals surface area contributed by atoms with Crippen LogP contribution in [-0.2, 0) is 6.18 Å². The summed E-state index contributed by atoms with van der Waals surface area (Å²) in [5.41, 5.74) is -1.43. The van der Waals surface area contributed by atoms with E-state index in [-0.39, 0.29) is 5.92 Å². The quantitative estimate of drug-likeness (QED) is 0.282. The Hall–Kier alpha value is -1.39. The summed E-state index contributed by atoms with van der Waals surface area (Å²) >= 11 is 0. The molecule has 1 fully saturated rings. The number of alkyl halides is 3. The Labute approximate surface area is 146 Å². The zero-order chi connectivity index (χ0) is 18.4. The summed E-state index contributed by atoms with van der Waals surface area (Å²) in [7, 11) is 0. The first-order valence-electron chi connectivity index (χ1n) is 9.04. The van der Waals surface area contributed by atoms with Crippen LogP contribution in [0.3, 0.4) is 0 Å². The smallest absolute Gasteiger partial charge is 0.206 e. The number of halogens is 5. The average molecular weight is 360 g/mol. The fourth-order valence-electron chi connectivity index (χ4n) is 3.69. The van der Waals surface area contributed by atoms with Gasteiger partial charge >= 0.3 is 6.18 Å². The van der Waals surface area contributed by atoms with Crippen molar-refractivity contribution in [1.29, 1.82) is 0 Å². The molecule has 0 heterocycles. The molecule has 0 amide bonds. The van der Waals surface area contributed by atoms with Crippen molar-refractivity contribution in [3.8, 4) is 0 Å². The molecule has 0 unspecified atom stereocenters. The summed E-state index contributed by atoms with van der Waals surface area (Å²) in [4.78, 5) is 0. The molecule has 0 nitrogen and oxygen atoms in total. The van der Waals surface area contributed by atoms with Crippen LogP contribution in [0.5, 0.6) is 0 Å². The predicted molar refractivity (Wildman–Crippen MR) is 89.3 cm³/mol. The van der Waals surface area contributed by atoms with Crippen LogP contribution >= 0.6 is 0 Å². The third-order valence-corrected chi connectivity index (χ3v) is 5.05. The van der Waals surface area contributed by atoms with Gasteiger partial charge in [-0.05, 0) is 74.5 Å². The largest absolute Gasteiger partial charge is 0.422 e. The Morgan fingerprint density at radius 1 is 1.00 bits per heavy atom. The van der Waals surface area contributed by atoms with E-state index in [4.69, 9.17) is 0 Å². The molecule has 25 heavy (non-hydrogen) atoms. The second kappa shape index (κ2) is 8.81. The van der Waals surface area contributed by atoms with Gasteiger partial charge in [0.2, 0.25) is 0 Å². The molecule has 0 saturated heterocycles. The van der Waals surface area contributed by atoms with Crippen LogP contribution in [0.15, 0.2) is 24.3 Å². The monoisotopic (exact) mass is 360 g/mol. The van der Waals surface area contributed by atoms with Crippen LogP contribution in [0.2, 0.25) is 0 Å². The fraction of sp³-hybridized carbons (Fsp3) is 0.600. The van der Waals surface area contributed by atoms with Crippen molar-refractivity contribution in [2.24, 2.45) is 5.92 Å². The van der Waals surface area contributed by atoms with E-state index in [2.05, 4.69) is 19.1 Å².